The first-order valence-corrected chi connectivity index (χ1v) is 6.09. The summed E-state index contributed by atoms with van der Waals surface area (Å²) in [5.74, 6) is 2.08. The second-order valence-corrected chi connectivity index (χ2v) is 4.31. The molecule has 0 spiro atoms. The maximum Gasteiger partial charge on any atom is 0.134 e. The first-order chi connectivity index (χ1) is 8.04. The normalized spacial score (nSPS) is 12.5. The van der Waals surface area contributed by atoms with Crippen LogP contribution in [0.5, 0.6) is 0 Å². The highest BCUT2D eigenvalue weighted by molar-refractivity contribution is 5.54. The predicted molar refractivity (Wildman–Crippen MR) is 70.0 cm³/mol. The van der Waals surface area contributed by atoms with Crippen LogP contribution in [0.3, 0.4) is 0 Å². The number of rotatable bonds is 6. The Balaban J connectivity index is 2.75. The van der Waals surface area contributed by atoms with Gasteiger partial charge >= 0.3 is 0 Å². The van der Waals surface area contributed by atoms with Crippen LogP contribution < -0.4 is 11.1 Å². The first-order valence-electron chi connectivity index (χ1n) is 6.09. The minimum absolute atomic E-state index is 0.308. The van der Waals surface area contributed by atoms with Crippen molar-refractivity contribution in [2.24, 2.45) is 0 Å². The Kier molecular flexibility index (Phi) is 5.15. The van der Waals surface area contributed by atoms with Crippen molar-refractivity contribution in [3.8, 4) is 0 Å². The minimum atomic E-state index is -0.308. The van der Waals surface area contributed by atoms with E-state index in [9.17, 15) is 5.11 Å². The third kappa shape index (κ3) is 4.19. The molecular weight excluding hydrogens is 216 g/mol. The summed E-state index contributed by atoms with van der Waals surface area (Å²) in [5.41, 5.74) is 6.71. The van der Waals surface area contributed by atoms with Crippen LogP contribution in [-0.2, 0) is 6.42 Å². The van der Waals surface area contributed by atoms with Gasteiger partial charge in [0.15, 0.2) is 0 Å². The van der Waals surface area contributed by atoms with Crippen molar-refractivity contribution >= 4 is 11.6 Å². The van der Waals surface area contributed by atoms with E-state index in [4.69, 9.17) is 5.73 Å². The third-order valence-electron chi connectivity index (χ3n) is 2.56. The van der Waals surface area contributed by atoms with Gasteiger partial charge in [0, 0.05) is 18.5 Å². The summed E-state index contributed by atoms with van der Waals surface area (Å²) in [6.07, 6.45) is 2.20. The van der Waals surface area contributed by atoms with E-state index in [0.29, 0.717) is 18.8 Å². The number of nitrogens with zero attached hydrogens (tertiary/aromatic N) is 2. The fourth-order valence-corrected chi connectivity index (χ4v) is 1.49. The zero-order chi connectivity index (χ0) is 12.8. The van der Waals surface area contributed by atoms with E-state index in [1.165, 1.54) is 0 Å². The van der Waals surface area contributed by atoms with Crippen molar-refractivity contribution < 1.29 is 5.11 Å². The van der Waals surface area contributed by atoms with Crippen LogP contribution in [0.15, 0.2) is 0 Å². The van der Waals surface area contributed by atoms with Crippen LogP contribution in [0.4, 0.5) is 11.6 Å². The standard InChI is InChI=1S/C12H22N4O/c1-4-5-10-15-11(13)9(3)12(16-10)14-7-6-8(2)17/h8,17H,4-7H2,1-3H3,(H3,13,14,15,16). The van der Waals surface area contributed by atoms with Gasteiger partial charge in [0.2, 0.25) is 0 Å². The van der Waals surface area contributed by atoms with Crippen molar-refractivity contribution in [3.63, 3.8) is 0 Å². The smallest absolute Gasteiger partial charge is 0.134 e. The highest BCUT2D eigenvalue weighted by atomic mass is 16.3. The first kappa shape index (κ1) is 13.7. The number of aliphatic hydroxyl groups excluding tert-OH is 1. The number of aromatic nitrogens is 2. The van der Waals surface area contributed by atoms with Crippen LogP contribution >= 0.6 is 0 Å². The Bertz CT molecular complexity index is 366. The lowest BCUT2D eigenvalue weighted by Crippen LogP contribution is -2.14. The van der Waals surface area contributed by atoms with Crippen molar-refractivity contribution in [1.29, 1.82) is 0 Å². The quantitative estimate of drug-likeness (QED) is 0.699. The second kappa shape index (κ2) is 6.39. The van der Waals surface area contributed by atoms with E-state index in [0.717, 1.165) is 30.0 Å². The van der Waals surface area contributed by atoms with Crippen LogP contribution in [-0.4, -0.2) is 27.7 Å². The topological polar surface area (TPSA) is 84.1 Å². The lowest BCUT2D eigenvalue weighted by molar-refractivity contribution is 0.188. The average molecular weight is 238 g/mol. The molecule has 0 saturated carbocycles. The molecule has 0 amide bonds. The number of aliphatic hydroxyl groups is 1. The summed E-state index contributed by atoms with van der Waals surface area (Å²) in [7, 11) is 0. The zero-order valence-corrected chi connectivity index (χ0v) is 10.8. The predicted octanol–water partition coefficient (Wildman–Crippen LogP) is 1.50. The Hall–Kier alpha value is -1.36. The monoisotopic (exact) mass is 238 g/mol. The van der Waals surface area contributed by atoms with E-state index in [1.54, 1.807) is 6.92 Å². The van der Waals surface area contributed by atoms with Gasteiger partial charge in [0.25, 0.3) is 0 Å². The van der Waals surface area contributed by atoms with E-state index in [2.05, 4.69) is 22.2 Å². The fourth-order valence-electron chi connectivity index (χ4n) is 1.49. The summed E-state index contributed by atoms with van der Waals surface area (Å²) in [5, 5.41) is 12.4. The lowest BCUT2D eigenvalue weighted by atomic mass is 10.2. The molecule has 0 bridgehead atoms. The molecule has 96 valence electrons. The van der Waals surface area contributed by atoms with Crippen LogP contribution in [0.2, 0.25) is 0 Å². The molecule has 0 aliphatic rings. The molecule has 0 aromatic carbocycles. The Morgan fingerprint density at radius 3 is 2.71 bits per heavy atom. The van der Waals surface area contributed by atoms with Crippen molar-refractivity contribution in [2.45, 2.75) is 46.1 Å². The maximum absolute atomic E-state index is 9.20. The van der Waals surface area contributed by atoms with Gasteiger partial charge < -0.3 is 16.2 Å². The summed E-state index contributed by atoms with van der Waals surface area (Å²) in [4.78, 5) is 8.68. The molecule has 0 aliphatic carbocycles. The summed E-state index contributed by atoms with van der Waals surface area (Å²) in [6, 6.07) is 0. The van der Waals surface area contributed by atoms with Gasteiger partial charge in [-0.05, 0) is 26.7 Å². The molecule has 17 heavy (non-hydrogen) atoms. The molecule has 4 N–H and O–H groups in total. The second-order valence-electron chi connectivity index (χ2n) is 4.31. The van der Waals surface area contributed by atoms with Crippen molar-refractivity contribution in [3.05, 3.63) is 11.4 Å². The zero-order valence-electron chi connectivity index (χ0n) is 10.8. The van der Waals surface area contributed by atoms with E-state index in [-0.39, 0.29) is 6.10 Å². The third-order valence-corrected chi connectivity index (χ3v) is 2.56. The number of nitrogen functional groups attached to an aromatic ring is 1. The molecule has 1 aromatic heterocycles. The molecule has 5 heteroatoms. The number of hydrogen-bond donors (Lipinski definition) is 3. The molecule has 0 fully saturated rings. The van der Waals surface area contributed by atoms with Gasteiger partial charge in [-0.15, -0.1) is 0 Å². The molecule has 1 aromatic rings. The summed E-state index contributed by atoms with van der Waals surface area (Å²) in [6.45, 7) is 6.43. The minimum Gasteiger partial charge on any atom is -0.393 e. The highest BCUT2D eigenvalue weighted by Crippen LogP contribution is 2.17. The number of nitrogens with two attached hydrogens (primary N) is 1. The fraction of sp³-hybridized carbons (Fsp3) is 0.667. The van der Waals surface area contributed by atoms with Gasteiger partial charge in [-0.1, -0.05) is 6.92 Å². The SMILES string of the molecule is CCCc1nc(N)c(C)c(NCCC(C)O)n1. The Morgan fingerprint density at radius 1 is 1.41 bits per heavy atom. The molecule has 1 rings (SSSR count). The molecule has 5 nitrogen and oxygen atoms in total. The molecule has 0 aliphatic heterocycles. The lowest BCUT2D eigenvalue weighted by Gasteiger charge is -2.12. The molecule has 1 atom stereocenters. The summed E-state index contributed by atoms with van der Waals surface area (Å²) < 4.78 is 0. The molecule has 0 radical (unpaired) electrons. The van der Waals surface area contributed by atoms with E-state index >= 15 is 0 Å². The molecule has 1 heterocycles. The van der Waals surface area contributed by atoms with Crippen LogP contribution in [0.25, 0.3) is 0 Å². The van der Waals surface area contributed by atoms with Gasteiger partial charge in [-0.2, -0.15) is 0 Å². The number of aryl methyl sites for hydroxylation is 1. The summed E-state index contributed by atoms with van der Waals surface area (Å²) >= 11 is 0. The van der Waals surface area contributed by atoms with Gasteiger partial charge in [0.1, 0.15) is 17.5 Å². The van der Waals surface area contributed by atoms with Gasteiger partial charge in [0.05, 0.1) is 6.10 Å². The van der Waals surface area contributed by atoms with Crippen molar-refractivity contribution in [2.75, 3.05) is 17.6 Å². The number of nitrogens with one attached hydrogen (secondary N) is 1. The van der Waals surface area contributed by atoms with E-state index in [1.807, 2.05) is 6.92 Å². The van der Waals surface area contributed by atoms with E-state index < -0.39 is 0 Å². The van der Waals surface area contributed by atoms with Gasteiger partial charge in [-0.25, -0.2) is 9.97 Å². The van der Waals surface area contributed by atoms with Crippen molar-refractivity contribution in [1.82, 2.24) is 9.97 Å². The molecule has 0 saturated heterocycles. The number of hydrogen-bond acceptors (Lipinski definition) is 5. The number of anilines is 2. The van der Waals surface area contributed by atoms with Gasteiger partial charge in [-0.3, -0.25) is 0 Å². The molecular formula is C12H22N4O. The Morgan fingerprint density at radius 2 is 2.12 bits per heavy atom. The highest BCUT2D eigenvalue weighted by Gasteiger charge is 2.08. The van der Waals surface area contributed by atoms with Crippen LogP contribution in [0, 0.1) is 6.92 Å². The largest absolute Gasteiger partial charge is 0.393 e. The molecule has 1 unspecified atom stereocenters. The maximum atomic E-state index is 9.20. The van der Waals surface area contributed by atoms with Crippen LogP contribution in [0.1, 0.15) is 38.1 Å². The average Bonchev–Trinajstić information content (AvgIpc) is 2.24. The Labute approximate surface area is 102 Å².